The predicted octanol–water partition coefficient (Wildman–Crippen LogP) is -0.769. The maximum atomic E-state index is 5.24. The fraction of sp³-hybridized carbons (Fsp3) is 0.800. The Morgan fingerprint density at radius 1 is 1.56 bits per heavy atom. The van der Waals surface area contributed by atoms with Gasteiger partial charge in [0.15, 0.2) is 0 Å². The molecule has 2 heterocycles. The van der Waals surface area contributed by atoms with Crippen molar-refractivity contribution in [2.75, 3.05) is 13.1 Å². The predicted molar refractivity (Wildman–Crippen MR) is 37.3 cm³/mol. The minimum Gasteiger partial charge on any atom is -0.464 e. The third-order valence-corrected chi connectivity index (χ3v) is 1.93. The first-order valence-corrected chi connectivity index (χ1v) is 3.45. The first kappa shape index (κ1) is 5.44. The molecule has 0 amide bonds. The smallest absolute Gasteiger partial charge is 0.257 e. The lowest BCUT2D eigenvalue weighted by atomic mass is 10.2. The van der Waals surface area contributed by atoms with E-state index in [0.717, 1.165) is 13.1 Å². The van der Waals surface area contributed by atoms with Crippen molar-refractivity contribution < 1.29 is 4.74 Å². The third-order valence-electron chi connectivity index (χ3n) is 1.72. The second kappa shape index (κ2) is 1.82. The van der Waals surface area contributed by atoms with Crippen LogP contribution >= 0.6 is 12.2 Å². The van der Waals surface area contributed by atoms with Crippen LogP contribution in [0.3, 0.4) is 0 Å². The summed E-state index contributed by atoms with van der Waals surface area (Å²) in [7, 11) is 0. The maximum Gasteiger partial charge on any atom is 0.257 e. The molecule has 2 aliphatic heterocycles. The summed E-state index contributed by atoms with van der Waals surface area (Å²) < 4.78 is 5.24. The molecule has 0 aliphatic carbocycles. The van der Waals surface area contributed by atoms with Gasteiger partial charge in [-0.05, 0) is 12.2 Å². The number of rotatable bonds is 0. The van der Waals surface area contributed by atoms with Crippen molar-refractivity contribution in [2.45, 2.75) is 12.1 Å². The lowest BCUT2D eigenvalue weighted by molar-refractivity contribution is 0.237. The summed E-state index contributed by atoms with van der Waals surface area (Å²) in [6.45, 7) is 1.91. The zero-order chi connectivity index (χ0) is 6.27. The molecule has 2 aliphatic rings. The minimum atomic E-state index is 0.289. The average molecular weight is 144 g/mol. The van der Waals surface area contributed by atoms with Gasteiger partial charge >= 0.3 is 0 Å². The number of fused-ring (bicyclic) bond motifs is 1. The molecule has 2 atom stereocenters. The second-order valence-corrected chi connectivity index (χ2v) is 2.72. The van der Waals surface area contributed by atoms with Crippen LogP contribution in [0.25, 0.3) is 0 Å². The Bertz CT molecular complexity index is 136. The highest BCUT2D eigenvalue weighted by atomic mass is 32.1. The van der Waals surface area contributed by atoms with Gasteiger partial charge in [0, 0.05) is 13.1 Å². The van der Waals surface area contributed by atoms with Crippen LogP contribution in [0, 0.1) is 0 Å². The van der Waals surface area contributed by atoms with Crippen LogP contribution in [0.15, 0.2) is 0 Å². The molecule has 0 aromatic heterocycles. The molecule has 0 bridgehead atoms. The van der Waals surface area contributed by atoms with E-state index in [1.54, 1.807) is 0 Å². The summed E-state index contributed by atoms with van der Waals surface area (Å²) >= 11 is 4.81. The molecule has 0 spiro atoms. The molecule has 4 heteroatoms. The van der Waals surface area contributed by atoms with E-state index in [4.69, 9.17) is 17.0 Å². The number of nitrogens with one attached hydrogen (secondary N) is 2. The quantitative estimate of drug-likeness (QED) is 0.437. The van der Waals surface area contributed by atoms with Crippen LogP contribution in [0.4, 0.5) is 0 Å². The minimum absolute atomic E-state index is 0.289. The van der Waals surface area contributed by atoms with Crippen molar-refractivity contribution >= 4 is 17.4 Å². The highest BCUT2D eigenvalue weighted by molar-refractivity contribution is 7.80. The number of ether oxygens (including phenoxy) is 1. The summed E-state index contributed by atoms with van der Waals surface area (Å²) in [6.07, 6.45) is 0.289. The fourth-order valence-corrected chi connectivity index (χ4v) is 1.52. The zero-order valence-corrected chi connectivity index (χ0v) is 5.70. The molecule has 2 saturated heterocycles. The van der Waals surface area contributed by atoms with Gasteiger partial charge in [0.2, 0.25) is 0 Å². The van der Waals surface area contributed by atoms with Gasteiger partial charge in [-0.2, -0.15) is 0 Å². The summed E-state index contributed by atoms with van der Waals surface area (Å²) in [6, 6.07) is 0.428. The Morgan fingerprint density at radius 2 is 2.44 bits per heavy atom. The lowest BCUT2D eigenvalue weighted by Crippen LogP contribution is -2.31. The van der Waals surface area contributed by atoms with E-state index in [2.05, 4.69) is 10.6 Å². The monoisotopic (exact) mass is 144 g/mol. The van der Waals surface area contributed by atoms with Crippen molar-refractivity contribution in [1.82, 2.24) is 10.6 Å². The van der Waals surface area contributed by atoms with Crippen molar-refractivity contribution in [3.8, 4) is 0 Å². The molecule has 3 nitrogen and oxygen atoms in total. The highest BCUT2D eigenvalue weighted by Gasteiger charge is 2.35. The van der Waals surface area contributed by atoms with E-state index >= 15 is 0 Å². The van der Waals surface area contributed by atoms with E-state index in [-0.39, 0.29) is 6.10 Å². The number of thiocarbonyl (C=S) groups is 1. The van der Waals surface area contributed by atoms with Gasteiger partial charge in [-0.1, -0.05) is 0 Å². The lowest BCUT2D eigenvalue weighted by Gasteiger charge is -2.01. The molecule has 0 radical (unpaired) electrons. The Morgan fingerprint density at radius 3 is 3.22 bits per heavy atom. The van der Waals surface area contributed by atoms with E-state index in [1.807, 2.05) is 0 Å². The van der Waals surface area contributed by atoms with E-state index in [1.165, 1.54) is 0 Å². The molecular formula is C5H8N2OS. The molecule has 2 fully saturated rings. The molecule has 0 aromatic carbocycles. The molecular weight excluding hydrogens is 136 g/mol. The van der Waals surface area contributed by atoms with Gasteiger partial charge in [-0.15, -0.1) is 0 Å². The SMILES string of the molecule is S=C1N[C@H]2CNC[C@H]2O1. The Labute approximate surface area is 58.8 Å². The van der Waals surface area contributed by atoms with Crippen molar-refractivity contribution in [3.05, 3.63) is 0 Å². The van der Waals surface area contributed by atoms with Crippen LogP contribution in [0.2, 0.25) is 0 Å². The van der Waals surface area contributed by atoms with Crippen LogP contribution in [0.5, 0.6) is 0 Å². The third kappa shape index (κ3) is 0.784. The molecule has 9 heavy (non-hydrogen) atoms. The maximum absolute atomic E-state index is 5.24. The molecule has 2 rings (SSSR count). The largest absolute Gasteiger partial charge is 0.464 e. The normalized spacial score (nSPS) is 39.8. The van der Waals surface area contributed by atoms with Crippen LogP contribution < -0.4 is 10.6 Å². The van der Waals surface area contributed by atoms with Gasteiger partial charge < -0.3 is 15.4 Å². The Balaban J connectivity index is 2.09. The summed E-state index contributed by atoms with van der Waals surface area (Å²) in [5.41, 5.74) is 0. The van der Waals surface area contributed by atoms with Gasteiger partial charge in [0.1, 0.15) is 6.10 Å². The Kier molecular flexibility index (Phi) is 1.10. The summed E-state index contributed by atoms with van der Waals surface area (Å²) in [5, 5.41) is 6.82. The standard InChI is InChI=1S/C5H8N2OS/c9-5-7-3-1-6-2-4(3)8-5/h3-4,6H,1-2H2,(H,7,9)/t3-,4+/m0/s1. The molecule has 2 N–H and O–H groups in total. The van der Waals surface area contributed by atoms with Gasteiger partial charge in [0.25, 0.3) is 5.17 Å². The van der Waals surface area contributed by atoms with Crippen LogP contribution in [-0.4, -0.2) is 30.4 Å². The van der Waals surface area contributed by atoms with Crippen molar-refractivity contribution in [2.24, 2.45) is 0 Å². The number of hydrogen-bond donors (Lipinski definition) is 2. The molecule has 0 unspecified atom stereocenters. The Hall–Kier alpha value is -0.350. The first-order chi connectivity index (χ1) is 4.36. The average Bonchev–Trinajstić information content (AvgIpc) is 2.22. The molecule has 50 valence electrons. The molecule has 0 saturated carbocycles. The van der Waals surface area contributed by atoms with Crippen molar-refractivity contribution in [1.29, 1.82) is 0 Å². The topological polar surface area (TPSA) is 33.3 Å². The van der Waals surface area contributed by atoms with E-state index in [9.17, 15) is 0 Å². The number of hydrogen-bond acceptors (Lipinski definition) is 3. The first-order valence-electron chi connectivity index (χ1n) is 3.04. The van der Waals surface area contributed by atoms with Gasteiger partial charge in [0.05, 0.1) is 6.04 Å². The van der Waals surface area contributed by atoms with E-state index < -0.39 is 0 Å². The van der Waals surface area contributed by atoms with Crippen LogP contribution in [0.1, 0.15) is 0 Å². The summed E-state index contributed by atoms with van der Waals surface area (Å²) in [4.78, 5) is 0. The zero-order valence-electron chi connectivity index (χ0n) is 4.89. The summed E-state index contributed by atoms with van der Waals surface area (Å²) in [5.74, 6) is 0. The van der Waals surface area contributed by atoms with Gasteiger partial charge in [-0.3, -0.25) is 0 Å². The van der Waals surface area contributed by atoms with Crippen molar-refractivity contribution in [3.63, 3.8) is 0 Å². The second-order valence-electron chi connectivity index (χ2n) is 2.35. The van der Waals surface area contributed by atoms with Gasteiger partial charge in [-0.25, -0.2) is 0 Å². The van der Waals surface area contributed by atoms with E-state index in [0.29, 0.717) is 11.2 Å². The molecule has 0 aromatic rings. The highest BCUT2D eigenvalue weighted by Crippen LogP contribution is 2.11. The van der Waals surface area contributed by atoms with Crippen LogP contribution in [-0.2, 0) is 4.74 Å². The fourth-order valence-electron chi connectivity index (χ4n) is 1.25.